The van der Waals surface area contributed by atoms with Gasteiger partial charge in [-0.05, 0) is 48.7 Å². The number of likely N-dealkylation sites (tertiary alicyclic amines) is 1. The lowest BCUT2D eigenvalue weighted by Gasteiger charge is -2.36. The van der Waals surface area contributed by atoms with Gasteiger partial charge in [0.25, 0.3) is 5.91 Å². The lowest BCUT2D eigenvalue weighted by molar-refractivity contribution is 0.0671. The van der Waals surface area contributed by atoms with Gasteiger partial charge >= 0.3 is 6.03 Å². The fourth-order valence-electron chi connectivity index (χ4n) is 3.93. The molecule has 1 aliphatic rings. The summed E-state index contributed by atoms with van der Waals surface area (Å²) >= 11 is 6.27. The second-order valence-corrected chi connectivity index (χ2v) is 8.27. The van der Waals surface area contributed by atoms with Gasteiger partial charge < -0.3 is 15.1 Å². The molecule has 0 aliphatic carbocycles. The highest BCUT2D eigenvalue weighted by molar-refractivity contribution is 6.33. The number of nitrogens with zero attached hydrogens (tertiary/aromatic N) is 3. The molecule has 32 heavy (non-hydrogen) atoms. The molecule has 1 aromatic heterocycles. The minimum atomic E-state index is -0.160. The number of hydrogen-bond donors (Lipinski definition) is 1. The Kier molecular flexibility index (Phi) is 6.71. The number of carbonyl (C=O) groups excluding carboxylic acids is 2. The van der Waals surface area contributed by atoms with Crippen molar-refractivity contribution in [1.82, 2.24) is 14.8 Å². The van der Waals surface area contributed by atoms with Crippen molar-refractivity contribution in [2.45, 2.75) is 18.9 Å². The average Bonchev–Trinajstić information content (AvgIpc) is 2.84. The van der Waals surface area contributed by atoms with Gasteiger partial charge in [0.1, 0.15) is 0 Å². The Hall–Kier alpha value is -3.38. The van der Waals surface area contributed by atoms with Gasteiger partial charge in [0.15, 0.2) is 0 Å². The van der Waals surface area contributed by atoms with E-state index in [1.807, 2.05) is 53.4 Å². The van der Waals surface area contributed by atoms with Crippen LogP contribution in [0.25, 0.3) is 11.1 Å². The SMILES string of the molecule is CN(C(=O)Nc1ccc(-c2ccccc2Cl)cc1)C1CCN(C(=O)c2cccnc2)CC1. The summed E-state index contributed by atoms with van der Waals surface area (Å²) in [5.41, 5.74) is 3.27. The van der Waals surface area contributed by atoms with E-state index in [1.54, 1.807) is 36.5 Å². The van der Waals surface area contributed by atoms with Crippen molar-refractivity contribution in [2.24, 2.45) is 0 Å². The molecule has 0 atom stereocenters. The van der Waals surface area contributed by atoms with Gasteiger partial charge in [0.05, 0.1) is 5.56 Å². The second kappa shape index (κ2) is 9.83. The maximum atomic E-state index is 12.8. The average molecular weight is 449 g/mol. The Labute approximate surface area is 192 Å². The highest BCUT2D eigenvalue weighted by Crippen LogP contribution is 2.28. The van der Waals surface area contributed by atoms with Crippen LogP contribution in [0.2, 0.25) is 5.02 Å². The Bertz CT molecular complexity index is 1080. The van der Waals surface area contributed by atoms with Crippen LogP contribution in [0.1, 0.15) is 23.2 Å². The zero-order chi connectivity index (χ0) is 22.5. The number of benzene rings is 2. The largest absolute Gasteiger partial charge is 0.338 e. The molecule has 164 valence electrons. The van der Waals surface area contributed by atoms with E-state index in [2.05, 4.69) is 10.3 Å². The number of halogens is 1. The van der Waals surface area contributed by atoms with Gasteiger partial charge in [-0.15, -0.1) is 0 Å². The monoisotopic (exact) mass is 448 g/mol. The predicted octanol–water partition coefficient (Wildman–Crippen LogP) is 5.17. The van der Waals surface area contributed by atoms with Crippen molar-refractivity contribution >= 4 is 29.2 Å². The summed E-state index contributed by atoms with van der Waals surface area (Å²) in [6.45, 7) is 1.23. The number of hydrogen-bond acceptors (Lipinski definition) is 3. The number of urea groups is 1. The molecular weight excluding hydrogens is 424 g/mol. The van der Waals surface area contributed by atoms with Gasteiger partial charge in [-0.1, -0.05) is 41.9 Å². The fraction of sp³-hybridized carbons (Fsp3) is 0.240. The minimum absolute atomic E-state index is 0.0118. The summed E-state index contributed by atoms with van der Waals surface area (Å²) in [7, 11) is 1.80. The molecule has 3 amide bonds. The number of pyridine rings is 1. The standard InChI is InChI=1S/C25H25ClN4O2/c1-29(21-12-15-30(16-13-21)24(31)19-5-4-14-27-17-19)25(32)28-20-10-8-18(9-11-20)22-6-2-3-7-23(22)26/h2-11,14,17,21H,12-13,15-16H2,1H3,(H,28,32). The van der Waals surface area contributed by atoms with Crippen LogP contribution < -0.4 is 5.32 Å². The van der Waals surface area contributed by atoms with Crippen molar-refractivity contribution in [3.8, 4) is 11.1 Å². The van der Waals surface area contributed by atoms with Crippen molar-refractivity contribution in [3.63, 3.8) is 0 Å². The summed E-state index contributed by atoms with van der Waals surface area (Å²) in [6.07, 6.45) is 4.72. The molecule has 3 aromatic rings. The van der Waals surface area contributed by atoms with Crippen LogP contribution in [0.15, 0.2) is 73.1 Å². The third-order valence-corrected chi connectivity index (χ3v) is 6.18. The third kappa shape index (κ3) is 4.92. The van der Waals surface area contributed by atoms with E-state index in [9.17, 15) is 9.59 Å². The zero-order valence-corrected chi connectivity index (χ0v) is 18.6. The van der Waals surface area contributed by atoms with Gasteiger partial charge in [-0.2, -0.15) is 0 Å². The summed E-state index contributed by atoms with van der Waals surface area (Å²) in [4.78, 5) is 32.9. The first kappa shape index (κ1) is 21.8. The molecule has 1 saturated heterocycles. The Morgan fingerprint density at radius 3 is 2.41 bits per heavy atom. The van der Waals surface area contributed by atoms with Crippen LogP contribution in [0.4, 0.5) is 10.5 Å². The van der Waals surface area contributed by atoms with Crippen LogP contribution >= 0.6 is 11.6 Å². The Morgan fingerprint density at radius 1 is 1.03 bits per heavy atom. The number of anilines is 1. The summed E-state index contributed by atoms with van der Waals surface area (Å²) < 4.78 is 0. The summed E-state index contributed by atoms with van der Waals surface area (Å²) in [6, 6.07) is 18.8. The molecule has 0 bridgehead atoms. The minimum Gasteiger partial charge on any atom is -0.338 e. The fourth-order valence-corrected chi connectivity index (χ4v) is 4.18. The van der Waals surface area contributed by atoms with Gasteiger partial charge in [-0.25, -0.2) is 4.79 Å². The van der Waals surface area contributed by atoms with Gasteiger partial charge in [0.2, 0.25) is 0 Å². The Balaban J connectivity index is 1.32. The number of amides is 3. The van der Waals surface area contributed by atoms with E-state index >= 15 is 0 Å². The van der Waals surface area contributed by atoms with E-state index in [4.69, 9.17) is 11.6 Å². The number of piperidine rings is 1. The first-order valence-corrected chi connectivity index (χ1v) is 11.0. The van der Waals surface area contributed by atoms with Crippen LogP contribution in [-0.2, 0) is 0 Å². The molecule has 1 fully saturated rings. The van der Waals surface area contributed by atoms with Crippen molar-refractivity contribution in [3.05, 3.63) is 83.6 Å². The Morgan fingerprint density at radius 2 is 1.75 bits per heavy atom. The first-order chi connectivity index (χ1) is 15.5. The van der Waals surface area contributed by atoms with E-state index in [-0.39, 0.29) is 18.0 Å². The van der Waals surface area contributed by atoms with Crippen molar-refractivity contribution in [1.29, 1.82) is 0 Å². The normalized spacial score (nSPS) is 14.1. The molecule has 4 rings (SSSR count). The van der Waals surface area contributed by atoms with Crippen molar-refractivity contribution < 1.29 is 9.59 Å². The molecule has 0 spiro atoms. The third-order valence-electron chi connectivity index (χ3n) is 5.85. The zero-order valence-electron chi connectivity index (χ0n) is 17.9. The maximum absolute atomic E-state index is 12.8. The van der Waals surface area contributed by atoms with Crippen LogP contribution in [0, 0.1) is 0 Å². The lowest BCUT2D eigenvalue weighted by atomic mass is 10.0. The maximum Gasteiger partial charge on any atom is 0.321 e. The van der Waals surface area contributed by atoms with Crippen molar-refractivity contribution in [2.75, 3.05) is 25.5 Å². The second-order valence-electron chi connectivity index (χ2n) is 7.86. The molecule has 2 aromatic carbocycles. The summed E-state index contributed by atoms with van der Waals surface area (Å²) in [5, 5.41) is 3.65. The van der Waals surface area contributed by atoms with Crippen LogP contribution in [0.5, 0.6) is 0 Å². The van der Waals surface area contributed by atoms with E-state index < -0.39 is 0 Å². The van der Waals surface area contributed by atoms with E-state index in [0.717, 1.165) is 29.7 Å². The quantitative estimate of drug-likeness (QED) is 0.598. The molecule has 0 unspecified atom stereocenters. The first-order valence-electron chi connectivity index (χ1n) is 10.6. The number of rotatable bonds is 4. The van der Waals surface area contributed by atoms with Gasteiger partial charge in [0, 0.05) is 54.8 Å². The smallest absolute Gasteiger partial charge is 0.321 e. The van der Waals surface area contributed by atoms with E-state index in [1.165, 1.54) is 0 Å². The highest BCUT2D eigenvalue weighted by atomic mass is 35.5. The highest BCUT2D eigenvalue weighted by Gasteiger charge is 2.28. The van der Waals surface area contributed by atoms with Crippen LogP contribution in [0.3, 0.4) is 0 Å². The molecule has 6 nitrogen and oxygen atoms in total. The molecular formula is C25H25ClN4O2. The molecule has 1 N–H and O–H groups in total. The van der Waals surface area contributed by atoms with E-state index in [0.29, 0.717) is 23.7 Å². The molecule has 7 heteroatoms. The topological polar surface area (TPSA) is 65.5 Å². The number of carbonyl (C=O) groups is 2. The number of aromatic nitrogens is 1. The molecule has 0 radical (unpaired) electrons. The molecule has 0 saturated carbocycles. The number of nitrogens with one attached hydrogen (secondary N) is 1. The predicted molar refractivity (Wildman–Crippen MR) is 127 cm³/mol. The van der Waals surface area contributed by atoms with Gasteiger partial charge in [-0.3, -0.25) is 9.78 Å². The van der Waals surface area contributed by atoms with Crippen LogP contribution in [-0.4, -0.2) is 52.9 Å². The molecule has 2 heterocycles. The molecule has 1 aliphatic heterocycles. The lowest BCUT2D eigenvalue weighted by Crippen LogP contribution is -2.48. The summed E-state index contributed by atoms with van der Waals surface area (Å²) in [5.74, 6) is -0.0118.